The quantitative estimate of drug-likeness (QED) is 0.280. The van der Waals surface area contributed by atoms with Crippen molar-refractivity contribution in [3.05, 3.63) is 76.5 Å². The van der Waals surface area contributed by atoms with Gasteiger partial charge in [0, 0.05) is 23.3 Å². The zero-order valence-electron chi connectivity index (χ0n) is 21.8. The maximum absolute atomic E-state index is 13.8. The van der Waals surface area contributed by atoms with Crippen LogP contribution < -0.4 is 10.6 Å². The molecule has 7 nitrogen and oxygen atoms in total. The second-order valence-corrected chi connectivity index (χ2v) is 11.4. The number of nitrogens with one attached hydrogen (secondary N) is 2. The summed E-state index contributed by atoms with van der Waals surface area (Å²) in [5.41, 5.74) is 1.87. The Balaban J connectivity index is 1.63. The van der Waals surface area contributed by atoms with E-state index in [4.69, 9.17) is 19.4 Å². The Bertz CT molecular complexity index is 1540. The Morgan fingerprint density at radius 1 is 1.21 bits per heavy atom. The molecule has 1 aliphatic carbocycles. The van der Waals surface area contributed by atoms with Gasteiger partial charge < -0.3 is 10.6 Å². The summed E-state index contributed by atoms with van der Waals surface area (Å²) in [5.74, 6) is -0.370. The van der Waals surface area contributed by atoms with Crippen molar-refractivity contribution in [2.24, 2.45) is 5.41 Å². The SMILES string of the molecule is [B]C(Nc1cc(Cl)c2ncc(C#N)c(N[C@H](C)C(C)(C)C)c2c1)(c1ccc(F)cc1)c1cn(C2CC2)nn1. The van der Waals surface area contributed by atoms with Gasteiger partial charge in [-0.15, -0.1) is 5.10 Å². The highest BCUT2D eigenvalue weighted by Gasteiger charge is 2.34. The monoisotopic (exact) mass is 527 g/mol. The average molecular weight is 528 g/mol. The number of anilines is 2. The van der Waals surface area contributed by atoms with Crippen molar-refractivity contribution in [2.45, 2.75) is 58.1 Å². The van der Waals surface area contributed by atoms with Crippen LogP contribution in [0.1, 0.15) is 63.4 Å². The highest BCUT2D eigenvalue weighted by molar-refractivity contribution is 6.36. The van der Waals surface area contributed by atoms with Crippen LogP contribution in [-0.4, -0.2) is 33.9 Å². The van der Waals surface area contributed by atoms with Crippen LogP contribution in [0.25, 0.3) is 10.9 Å². The molecule has 1 unspecified atom stereocenters. The van der Waals surface area contributed by atoms with E-state index in [0.717, 1.165) is 12.8 Å². The number of aromatic nitrogens is 4. The van der Waals surface area contributed by atoms with Gasteiger partial charge in [0.25, 0.3) is 0 Å². The number of pyridine rings is 1. The lowest BCUT2D eigenvalue weighted by atomic mass is 9.69. The van der Waals surface area contributed by atoms with Gasteiger partial charge in [-0.3, -0.25) is 4.98 Å². The highest BCUT2D eigenvalue weighted by Crippen LogP contribution is 2.39. The fourth-order valence-electron chi connectivity index (χ4n) is 4.20. The van der Waals surface area contributed by atoms with Crippen molar-refractivity contribution in [1.29, 1.82) is 5.26 Å². The minimum absolute atomic E-state index is 0.0425. The van der Waals surface area contributed by atoms with Crippen molar-refractivity contribution in [3.8, 4) is 6.07 Å². The molecule has 2 N–H and O–H groups in total. The molecule has 0 saturated heterocycles. The summed E-state index contributed by atoms with van der Waals surface area (Å²) < 4.78 is 15.6. The fraction of sp³-hybridized carbons (Fsp3) is 0.357. The second kappa shape index (κ2) is 9.59. The molecule has 0 spiro atoms. The number of rotatable bonds is 7. The van der Waals surface area contributed by atoms with Gasteiger partial charge in [0.1, 0.15) is 25.4 Å². The molecule has 10 heteroatoms. The molecule has 38 heavy (non-hydrogen) atoms. The van der Waals surface area contributed by atoms with Gasteiger partial charge in [-0.05, 0) is 55.0 Å². The molecule has 0 bridgehead atoms. The van der Waals surface area contributed by atoms with E-state index in [9.17, 15) is 9.65 Å². The molecule has 0 aliphatic heterocycles. The molecule has 2 aromatic heterocycles. The molecule has 1 saturated carbocycles. The van der Waals surface area contributed by atoms with Gasteiger partial charge in [-0.2, -0.15) is 5.26 Å². The normalized spacial score (nSPS) is 16.0. The first kappa shape index (κ1) is 26.0. The standard InChI is InChI=1S/C28H28BClFN7/c1-16(27(2,3)4)34-25-17(13-32)14-33-26-22(25)11-20(12-23(26)30)35-28(29,18-5-7-19(31)8-6-18)24-15-38(37-36-24)21-9-10-21/h5-8,11-12,14-16,21,35H,9-10H2,1-4H3,(H,33,34)/t16-,28?/m1/s1. The Morgan fingerprint density at radius 2 is 1.92 bits per heavy atom. The number of benzene rings is 2. The topological polar surface area (TPSA) is 91.5 Å². The van der Waals surface area contributed by atoms with E-state index in [-0.39, 0.29) is 17.3 Å². The Hall–Kier alpha value is -3.64. The summed E-state index contributed by atoms with van der Waals surface area (Å²) >= 11 is 6.72. The summed E-state index contributed by atoms with van der Waals surface area (Å²) in [4.78, 5) is 4.45. The zero-order chi connectivity index (χ0) is 27.2. The minimum Gasteiger partial charge on any atom is -0.380 e. The van der Waals surface area contributed by atoms with E-state index in [1.165, 1.54) is 18.3 Å². The van der Waals surface area contributed by atoms with Crippen LogP contribution in [0.5, 0.6) is 0 Å². The summed E-state index contributed by atoms with van der Waals surface area (Å²) in [6.07, 6.45) is 5.44. The van der Waals surface area contributed by atoms with Gasteiger partial charge >= 0.3 is 0 Å². The van der Waals surface area contributed by atoms with Crippen molar-refractivity contribution < 1.29 is 4.39 Å². The maximum atomic E-state index is 13.8. The Kier molecular flexibility index (Phi) is 6.56. The molecule has 2 atom stereocenters. The molecule has 2 heterocycles. The molecule has 0 amide bonds. The number of hydrogen-bond donors (Lipinski definition) is 2. The van der Waals surface area contributed by atoms with Crippen molar-refractivity contribution in [2.75, 3.05) is 10.6 Å². The molecule has 2 aromatic carbocycles. The number of hydrogen-bond acceptors (Lipinski definition) is 6. The van der Waals surface area contributed by atoms with Crippen molar-refractivity contribution in [1.82, 2.24) is 20.0 Å². The lowest BCUT2D eigenvalue weighted by Gasteiger charge is -2.32. The first-order chi connectivity index (χ1) is 18.0. The van der Waals surface area contributed by atoms with Crippen LogP contribution in [0, 0.1) is 22.6 Å². The predicted molar refractivity (Wildman–Crippen MR) is 149 cm³/mol. The first-order valence-corrected chi connectivity index (χ1v) is 12.9. The molecule has 1 fully saturated rings. The first-order valence-electron chi connectivity index (χ1n) is 12.5. The molecule has 2 radical (unpaired) electrons. The van der Waals surface area contributed by atoms with E-state index >= 15 is 0 Å². The van der Waals surface area contributed by atoms with E-state index < -0.39 is 5.44 Å². The van der Waals surface area contributed by atoms with Crippen LogP contribution in [0.4, 0.5) is 15.8 Å². The number of fused-ring (bicyclic) bond motifs is 1. The molecular formula is C28H28BClFN7. The van der Waals surface area contributed by atoms with E-state index in [2.05, 4.69) is 59.7 Å². The zero-order valence-corrected chi connectivity index (χ0v) is 22.5. The second-order valence-electron chi connectivity index (χ2n) is 11.0. The van der Waals surface area contributed by atoms with Gasteiger partial charge in [0.05, 0.1) is 39.5 Å². The summed E-state index contributed by atoms with van der Waals surface area (Å²) in [6.45, 7) is 8.45. The van der Waals surface area contributed by atoms with Gasteiger partial charge in [-0.25, -0.2) is 9.07 Å². The molecule has 4 aromatic rings. The van der Waals surface area contributed by atoms with E-state index in [1.807, 2.05) is 16.9 Å². The van der Waals surface area contributed by atoms with E-state index in [0.29, 0.717) is 50.2 Å². The van der Waals surface area contributed by atoms with Crippen LogP contribution >= 0.6 is 11.6 Å². The third-order valence-electron chi connectivity index (χ3n) is 7.18. The number of nitrogens with zero attached hydrogens (tertiary/aromatic N) is 5. The van der Waals surface area contributed by atoms with Crippen molar-refractivity contribution >= 4 is 41.7 Å². The highest BCUT2D eigenvalue weighted by atomic mass is 35.5. The maximum Gasteiger partial charge on any atom is 0.123 e. The van der Waals surface area contributed by atoms with Crippen LogP contribution in [0.2, 0.25) is 5.02 Å². The molecular weight excluding hydrogens is 500 g/mol. The molecule has 5 rings (SSSR count). The molecule has 1 aliphatic rings. The predicted octanol–water partition coefficient (Wildman–Crippen LogP) is 6.15. The Morgan fingerprint density at radius 3 is 2.55 bits per heavy atom. The average Bonchev–Trinajstić information content (AvgIpc) is 3.59. The number of nitriles is 1. The summed E-state index contributed by atoms with van der Waals surface area (Å²) in [7, 11) is 7.01. The van der Waals surface area contributed by atoms with E-state index in [1.54, 1.807) is 18.2 Å². The van der Waals surface area contributed by atoms with Gasteiger partial charge in [-0.1, -0.05) is 49.7 Å². The fourth-order valence-corrected chi connectivity index (χ4v) is 4.47. The third-order valence-corrected chi connectivity index (χ3v) is 7.47. The minimum atomic E-state index is -1.34. The summed E-state index contributed by atoms with van der Waals surface area (Å²) in [6, 6.07) is 12.1. The van der Waals surface area contributed by atoms with Crippen molar-refractivity contribution in [3.63, 3.8) is 0 Å². The Labute approximate surface area is 227 Å². The van der Waals surface area contributed by atoms with Gasteiger partial charge in [0.15, 0.2) is 0 Å². The third kappa shape index (κ3) is 4.93. The number of halogens is 2. The lowest BCUT2D eigenvalue weighted by Crippen LogP contribution is -2.37. The molecule has 192 valence electrons. The smallest absolute Gasteiger partial charge is 0.123 e. The largest absolute Gasteiger partial charge is 0.380 e. The van der Waals surface area contributed by atoms with Crippen LogP contribution in [0.3, 0.4) is 0 Å². The van der Waals surface area contributed by atoms with Gasteiger partial charge in [0.2, 0.25) is 0 Å². The summed E-state index contributed by atoms with van der Waals surface area (Å²) in [5, 5.41) is 26.5. The lowest BCUT2D eigenvalue weighted by molar-refractivity contribution is 0.359. The van der Waals surface area contributed by atoms with Crippen LogP contribution in [0.15, 0.2) is 48.8 Å². The van der Waals surface area contributed by atoms with Crippen LogP contribution in [-0.2, 0) is 5.44 Å².